The Labute approximate surface area is 110 Å². The number of hydrogen-bond acceptors (Lipinski definition) is 1. The second-order valence-corrected chi connectivity index (χ2v) is 5.77. The molecule has 1 aliphatic rings. The third-order valence-electron chi connectivity index (χ3n) is 3.22. The van der Waals surface area contributed by atoms with E-state index in [1.807, 2.05) is 24.3 Å². The molecule has 0 saturated heterocycles. The highest BCUT2D eigenvalue weighted by Gasteiger charge is 2.29. The van der Waals surface area contributed by atoms with Gasteiger partial charge in [0.05, 0.1) is 0 Å². The van der Waals surface area contributed by atoms with E-state index in [1.165, 1.54) is 12.8 Å². The van der Waals surface area contributed by atoms with E-state index in [-0.39, 0.29) is 11.6 Å². The van der Waals surface area contributed by atoms with Crippen molar-refractivity contribution in [2.45, 2.75) is 38.1 Å². The molecule has 0 radical (unpaired) electrons. The number of urea groups is 1. The molecule has 0 bridgehead atoms. The summed E-state index contributed by atoms with van der Waals surface area (Å²) in [5.74, 6) is 0. The number of carbonyl (C=O) groups excluding carboxylic acids is 1. The van der Waals surface area contributed by atoms with Crippen LogP contribution in [0.15, 0.2) is 28.7 Å². The van der Waals surface area contributed by atoms with Crippen molar-refractivity contribution in [2.24, 2.45) is 0 Å². The van der Waals surface area contributed by atoms with Crippen LogP contribution in [0.5, 0.6) is 0 Å². The molecule has 17 heavy (non-hydrogen) atoms. The van der Waals surface area contributed by atoms with Gasteiger partial charge in [-0.3, -0.25) is 0 Å². The maximum atomic E-state index is 11.8. The van der Waals surface area contributed by atoms with Crippen molar-refractivity contribution >= 4 is 27.6 Å². The highest BCUT2D eigenvalue weighted by Crippen LogP contribution is 2.28. The Kier molecular flexibility index (Phi) is 3.72. The van der Waals surface area contributed by atoms with Crippen LogP contribution in [0.1, 0.15) is 32.6 Å². The number of rotatable bonds is 2. The van der Waals surface area contributed by atoms with Crippen molar-refractivity contribution in [3.05, 3.63) is 28.7 Å². The first-order valence-electron chi connectivity index (χ1n) is 5.92. The number of halogens is 1. The average molecular weight is 297 g/mol. The monoisotopic (exact) mass is 296 g/mol. The van der Waals surface area contributed by atoms with Crippen LogP contribution in [0.4, 0.5) is 10.5 Å². The number of hydrogen-bond donors (Lipinski definition) is 2. The summed E-state index contributed by atoms with van der Waals surface area (Å²) in [6, 6.07) is 7.46. The van der Waals surface area contributed by atoms with Crippen LogP contribution in [-0.4, -0.2) is 11.6 Å². The van der Waals surface area contributed by atoms with E-state index < -0.39 is 0 Å². The van der Waals surface area contributed by atoms with Gasteiger partial charge in [-0.1, -0.05) is 28.8 Å². The lowest BCUT2D eigenvalue weighted by atomic mass is 10.0. The van der Waals surface area contributed by atoms with Crippen molar-refractivity contribution < 1.29 is 4.79 Å². The van der Waals surface area contributed by atoms with Gasteiger partial charge in [0.15, 0.2) is 0 Å². The zero-order chi connectivity index (χ0) is 12.3. The van der Waals surface area contributed by atoms with Gasteiger partial charge in [-0.15, -0.1) is 0 Å². The molecule has 0 unspecified atom stereocenters. The molecular weight excluding hydrogens is 280 g/mol. The predicted octanol–water partition coefficient (Wildman–Crippen LogP) is 3.90. The first-order valence-corrected chi connectivity index (χ1v) is 6.71. The van der Waals surface area contributed by atoms with Gasteiger partial charge < -0.3 is 10.6 Å². The summed E-state index contributed by atoms with van der Waals surface area (Å²) in [5, 5.41) is 5.91. The smallest absolute Gasteiger partial charge is 0.319 e. The summed E-state index contributed by atoms with van der Waals surface area (Å²) >= 11 is 3.36. The van der Waals surface area contributed by atoms with Crippen LogP contribution >= 0.6 is 15.9 Å². The molecule has 2 amide bonds. The lowest BCUT2D eigenvalue weighted by molar-refractivity contribution is 0.239. The number of benzene rings is 1. The summed E-state index contributed by atoms with van der Waals surface area (Å²) in [7, 11) is 0. The van der Waals surface area contributed by atoms with Gasteiger partial charge in [-0.25, -0.2) is 4.79 Å². The first kappa shape index (κ1) is 12.4. The van der Waals surface area contributed by atoms with Gasteiger partial charge in [-0.05, 0) is 44.0 Å². The van der Waals surface area contributed by atoms with Crippen molar-refractivity contribution in [3.63, 3.8) is 0 Å². The fraction of sp³-hybridized carbons (Fsp3) is 0.462. The van der Waals surface area contributed by atoms with Gasteiger partial charge in [0.2, 0.25) is 0 Å². The maximum absolute atomic E-state index is 11.8. The summed E-state index contributed by atoms with van der Waals surface area (Å²) in [6.45, 7) is 2.11. The minimum atomic E-state index is -0.114. The minimum Gasteiger partial charge on any atom is -0.333 e. The topological polar surface area (TPSA) is 41.1 Å². The van der Waals surface area contributed by atoms with Crippen molar-refractivity contribution in [3.8, 4) is 0 Å². The molecule has 1 saturated carbocycles. The van der Waals surface area contributed by atoms with E-state index in [2.05, 4.69) is 33.5 Å². The van der Waals surface area contributed by atoms with E-state index in [9.17, 15) is 4.79 Å². The maximum Gasteiger partial charge on any atom is 0.319 e. The lowest BCUT2D eigenvalue weighted by Crippen LogP contribution is -2.45. The molecule has 0 atom stereocenters. The molecule has 0 aromatic heterocycles. The molecule has 0 aliphatic heterocycles. The molecule has 2 rings (SSSR count). The van der Waals surface area contributed by atoms with Crippen LogP contribution in [0, 0.1) is 0 Å². The van der Waals surface area contributed by atoms with Crippen molar-refractivity contribution in [1.82, 2.24) is 5.32 Å². The Balaban J connectivity index is 1.91. The van der Waals surface area contributed by atoms with Gasteiger partial charge in [0.1, 0.15) is 0 Å². The Bertz CT molecular complexity index is 396. The van der Waals surface area contributed by atoms with Crippen LogP contribution in [0.3, 0.4) is 0 Å². The Morgan fingerprint density at radius 2 is 1.82 bits per heavy atom. The molecule has 1 fully saturated rings. The van der Waals surface area contributed by atoms with Gasteiger partial charge in [0.25, 0.3) is 0 Å². The molecule has 1 aliphatic carbocycles. The lowest BCUT2D eigenvalue weighted by Gasteiger charge is -2.25. The Hall–Kier alpha value is -1.03. The van der Waals surface area contributed by atoms with Crippen LogP contribution < -0.4 is 10.6 Å². The van der Waals surface area contributed by atoms with E-state index in [0.29, 0.717) is 0 Å². The Morgan fingerprint density at radius 1 is 1.24 bits per heavy atom. The molecular formula is C13H17BrN2O. The quantitative estimate of drug-likeness (QED) is 0.854. The minimum absolute atomic E-state index is 0.0283. The van der Waals surface area contributed by atoms with Crippen molar-refractivity contribution in [1.29, 1.82) is 0 Å². The predicted molar refractivity (Wildman–Crippen MR) is 73.2 cm³/mol. The molecule has 3 nitrogen and oxygen atoms in total. The van der Waals surface area contributed by atoms with E-state index >= 15 is 0 Å². The number of carbonyl (C=O) groups is 1. The zero-order valence-corrected chi connectivity index (χ0v) is 11.5. The van der Waals surface area contributed by atoms with Gasteiger partial charge in [0, 0.05) is 15.7 Å². The second-order valence-electron chi connectivity index (χ2n) is 4.85. The average Bonchev–Trinajstić information content (AvgIpc) is 2.68. The normalized spacial score (nSPS) is 17.8. The van der Waals surface area contributed by atoms with E-state index in [4.69, 9.17) is 0 Å². The van der Waals surface area contributed by atoms with Crippen LogP contribution in [0.25, 0.3) is 0 Å². The molecule has 0 spiro atoms. The van der Waals surface area contributed by atoms with Crippen LogP contribution in [-0.2, 0) is 0 Å². The van der Waals surface area contributed by atoms with Gasteiger partial charge >= 0.3 is 6.03 Å². The third-order valence-corrected chi connectivity index (χ3v) is 3.75. The van der Waals surface area contributed by atoms with E-state index in [0.717, 1.165) is 23.0 Å². The molecule has 2 N–H and O–H groups in total. The first-order chi connectivity index (χ1) is 8.07. The number of anilines is 1. The van der Waals surface area contributed by atoms with Crippen LogP contribution in [0.2, 0.25) is 0 Å². The highest BCUT2D eigenvalue weighted by atomic mass is 79.9. The van der Waals surface area contributed by atoms with Gasteiger partial charge in [-0.2, -0.15) is 0 Å². The number of amides is 2. The fourth-order valence-corrected chi connectivity index (χ4v) is 2.51. The fourth-order valence-electron chi connectivity index (χ4n) is 2.25. The highest BCUT2D eigenvalue weighted by molar-refractivity contribution is 9.10. The van der Waals surface area contributed by atoms with Crippen molar-refractivity contribution in [2.75, 3.05) is 5.32 Å². The standard InChI is InChI=1S/C13H17BrN2O/c1-13(8-2-3-9-13)16-12(17)15-11-6-4-10(14)5-7-11/h4-7H,2-3,8-9H2,1H3,(H2,15,16,17). The molecule has 1 aromatic rings. The second kappa shape index (κ2) is 5.08. The summed E-state index contributed by atoms with van der Waals surface area (Å²) < 4.78 is 1.01. The zero-order valence-electron chi connectivity index (χ0n) is 9.92. The summed E-state index contributed by atoms with van der Waals surface area (Å²) in [4.78, 5) is 11.8. The largest absolute Gasteiger partial charge is 0.333 e. The molecule has 92 valence electrons. The third kappa shape index (κ3) is 3.46. The molecule has 0 heterocycles. The molecule has 4 heteroatoms. The summed E-state index contributed by atoms with van der Waals surface area (Å²) in [6.07, 6.45) is 4.55. The molecule has 1 aromatic carbocycles. The summed E-state index contributed by atoms with van der Waals surface area (Å²) in [5.41, 5.74) is 0.784. The SMILES string of the molecule is CC1(NC(=O)Nc2ccc(Br)cc2)CCCC1. The van der Waals surface area contributed by atoms with E-state index in [1.54, 1.807) is 0 Å². The Morgan fingerprint density at radius 3 is 2.41 bits per heavy atom. The number of nitrogens with one attached hydrogen (secondary N) is 2.